The number of carboxylic acid groups (broad SMARTS) is 1. The van der Waals surface area contributed by atoms with Crippen LogP contribution in [-0.4, -0.2) is 17.1 Å². The first-order chi connectivity index (χ1) is 4.66. The van der Waals surface area contributed by atoms with Gasteiger partial charge in [0.05, 0.1) is 5.92 Å². The molecule has 3 atom stereocenters. The SMILES string of the molecule is C=C[C@@H](C(=O)O)[C@@H]1C[C@H]1N. The van der Waals surface area contributed by atoms with Crippen molar-refractivity contribution in [2.24, 2.45) is 17.6 Å². The largest absolute Gasteiger partial charge is 0.481 e. The maximum atomic E-state index is 10.4. The minimum absolute atomic E-state index is 0.0825. The van der Waals surface area contributed by atoms with E-state index in [4.69, 9.17) is 10.8 Å². The third-order valence-corrected chi connectivity index (χ3v) is 1.89. The second kappa shape index (κ2) is 2.42. The lowest BCUT2D eigenvalue weighted by molar-refractivity contribution is -0.140. The molecule has 56 valence electrons. The molecule has 3 heteroatoms. The summed E-state index contributed by atoms with van der Waals surface area (Å²) in [7, 11) is 0. The fourth-order valence-corrected chi connectivity index (χ4v) is 1.11. The smallest absolute Gasteiger partial charge is 0.310 e. The minimum Gasteiger partial charge on any atom is -0.481 e. The monoisotopic (exact) mass is 141 g/mol. The fraction of sp³-hybridized carbons (Fsp3) is 0.571. The Kier molecular flexibility index (Phi) is 1.76. The van der Waals surface area contributed by atoms with Gasteiger partial charge in [-0.05, 0) is 12.3 Å². The molecule has 0 heterocycles. The molecule has 0 amide bonds. The molecule has 10 heavy (non-hydrogen) atoms. The van der Waals surface area contributed by atoms with Gasteiger partial charge >= 0.3 is 5.97 Å². The van der Waals surface area contributed by atoms with E-state index in [9.17, 15) is 4.79 Å². The zero-order chi connectivity index (χ0) is 7.72. The Hall–Kier alpha value is -0.830. The number of carboxylic acids is 1. The molecule has 0 aliphatic heterocycles. The number of hydrogen-bond donors (Lipinski definition) is 2. The van der Waals surface area contributed by atoms with E-state index in [0.717, 1.165) is 6.42 Å². The summed E-state index contributed by atoms with van der Waals surface area (Å²) in [6, 6.07) is 0.0825. The van der Waals surface area contributed by atoms with Crippen LogP contribution in [0.25, 0.3) is 0 Å². The number of carbonyl (C=O) groups is 1. The van der Waals surface area contributed by atoms with Crippen LogP contribution in [-0.2, 0) is 4.79 Å². The Morgan fingerprint density at radius 2 is 2.40 bits per heavy atom. The predicted molar refractivity (Wildman–Crippen MR) is 37.4 cm³/mol. The normalized spacial score (nSPS) is 32.9. The second-order valence-electron chi connectivity index (χ2n) is 2.66. The molecule has 1 aliphatic rings. The van der Waals surface area contributed by atoms with Gasteiger partial charge in [0, 0.05) is 6.04 Å². The number of aliphatic carboxylic acids is 1. The lowest BCUT2D eigenvalue weighted by Gasteiger charge is -2.02. The first kappa shape index (κ1) is 7.28. The van der Waals surface area contributed by atoms with Gasteiger partial charge in [0.2, 0.25) is 0 Å². The summed E-state index contributed by atoms with van der Waals surface area (Å²) in [4.78, 5) is 10.4. The van der Waals surface area contributed by atoms with Gasteiger partial charge in [-0.2, -0.15) is 0 Å². The average Bonchev–Trinajstić information content (AvgIpc) is 2.48. The van der Waals surface area contributed by atoms with E-state index >= 15 is 0 Å². The summed E-state index contributed by atoms with van der Waals surface area (Å²) < 4.78 is 0. The van der Waals surface area contributed by atoms with Crippen LogP contribution in [0.3, 0.4) is 0 Å². The molecule has 0 aromatic carbocycles. The van der Waals surface area contributed by atoms with Crippen LogP contribution in [0.1, 0.15) is 6.42 Å². The highest BCUT2D eigenvalue weighted by Gasteiger charge is 2.42. The fourth-order valence-electron chi connectivity index (χ4n) is 1.11. The number of hydrogen-bond acceptors (Lipinski definition) is 2. The minimum atomic E-state index is -0.812. The molecule has 1 saturated carbocycles. The van der Waals surface area contributed by atoms with Crippen molar-refractivity contribution in [2.75, 3.05) is 0 Å². The molecule has 3 N–H and O–H groups in total. The molecule has 0 radical (unpaired) electrons. The summed E-state index contributed by atoms with van der Waals surface area (Å²) in [6.45, 7) is 3.44. The molecule has 0 aromatic rings. The maximum absolute atomic E-state index is 10.4. The van der Waals surface area contributed by atoms with Crippen LogP contribution in [0.2, 0.25) is 0 Å². The Bertz CT molecular complexity index is 167. The molecule has 3 nitrogen and oxygen atoms in total. The van der Waals surface area contributed by atoms with E-state index in [1.54, 1.807) is 0 Å². The van der Waals surface area contributed by atoms with Crippen LogP contribution < -0.4 is 5.73 Å². The molecular weight excluding hydrogens is 130 g/mol. The molecule has 1 rings (SSSR count). The van der Waals surface area contributed by atoms with E-state index in [0.29, 0.717) is 0 Å². The van der Waals surface area contributed by atoms with E-state index in [1.807, 2.05) is 0 Å². The van der Waals surface area contributed by atoms with E-state index in [1.165, 1.54) is 6.08 Å². The van der Waals surface area contributed by atoms with Crippen LogP contribution in [0.15, 0.2) is 12.7 Å². The van der Waals surface area contributed by atoms with Crippen molar-refractivity contribution >= 4 is 5.97 Å². The van der Waals surface area contributed by atoms with Crippen LogP contribution in [0, 0.1) is 11.8 Å². The zero-order valence-electron chi connectivity index (χ0n) is 5.66. The van der Waals surface area contributed by atoms with Crippen molar-refractivity contribution in [1.82, 2.24) is 0 Å². The third kappa shape index (κ3) is 1.19. The maximum Gasteiger partial charge on any atom is 0.310 e. The van der Waals surface area contributed by atoms with E-state index < -0.39 is 11.9 Å². The standard InChI is InChI=1S/C7H11NO2/c1-2-4(7(9)10)5-3-6(5)8/h2,4-6H,1,3,8H2,(H,9,10)/t4-,5+,6-/m1/s1. The van der Waals surface area contributed by atoms with Gasteiger partial charge in [-0.1, -0.05) is 6.08 Å². The average molecular weight is 141 g/mol. The molecular formula is C7H11NO2. The van der Waals surface area contributed by atoms with Gasteiger partial charge in [0.1, 0.15) is 0 Å². The Balaban J connectivity index is 2.50. The molecule has 1 aliphatic carbocycles. The van der Waals surface area contributed by atoms with Crippen molar-refractivity contribution in [1.29, 1.82) is 0 Å². The lowest BCUT2D eigenvalue weighted by Crippen LogP contribution is -2.17. The van der Waals surface area contributed by atoms with E-state index in [2.05, 4.69) is 6.58 Å². The van der Waals surface area contributed by atoms with Crippen LogP contribution in [0.4, 0.5) is 0 Å². The van der Waals surface area contributed by atoms with Crippen molar-refractivity contribution < 1.29 is 9.90 Å². The summed E-state index contributed by atoms with van der Waals surface area (Å²) >= 11 is 0. The Morgan fingerprint density at radius 1 is 1.90 bits per heavy atom. The van der Waals surface area contributed by atoms with Gasteiger partial charge in [-0.15, -0.1) is 6.58 Å². The Labute approximate surface area is 59.5 Å². The molecule has 0 aromatic heterocycles. The summed E-state index contributed by atoms with van der Waals surface area (Å²) in [5.74, 6) is -1.11. The number of rotatable bonds is 3. The summed E-state index contributed by atoms with van der Waals surface area (Å²) in [5, 5.41) is 8.57. The van der Waals surface area contributed by atoms with Crippen molar-refractivity contribution in [3.05, 3.63) is 12.7 Å². The van der Waals surface area contributed by atoms with Crippen LogP contribution >= 0.6 is 0 Å². The second-order valence-corrected chi connectivity index (χ2v) is 2.66. The summed E-state index contributed by atoms with van der Waals surface area (Å²) in [5.41, 5.74) is 5.47. The molecule has 0 bridgehead atoms. The zero-order valence-corrected chi connectivity index (χ0v) is 5.66. The van der Waals surface area contributed by atoms with E-state index in [-0.39, 0.29) is 12.0 Å². The predicted octanol–water partition coefficient (Wildman–Crippen LogP) is 0.220. The lowest BCUT2D eigenvalue weighted by atomic mass is 10.0. The first-order valence-electron chi connectivity index (χ1n) is 3.27. The topological polar surface area (TPSA) is 63.3 Å². The molecule has 0 saturated heterocycles. The van der Waals surface area contributed by atoms with Crippen molar-refractivity contribution in [3.8, 4) is 0 Å². The highest BCUT2D eigenvalue weighted by molar-refractivity contribution is 5.73. The number of nitrogens with two attached hydrogens (primary N) is 1. The van der Waals surface area contributed by atoms with Crippen molar-refractivity contribution in [3.63, 3.8) is 0 Å². The van der Waals surface area contributed by atoms with Gasteiger partial charge in [0.25, 0.3) is 0 Å². The van der Waals surface area contributed by atoms with Gasteiger partial charge in [-0.3, -0.25) is 4.79 Å². The van der Waals surface area contributed by atoms with Gasteiger partial charge in [0.15, 0.2) is 0 Å². The Morgan fingerprint density at radius 3 is 2.50 bits per heavy atom. The van der Waals surface area contributed by atoms with Crippen LogP contribution in [0.5, 0.6) is 0 Å². The van der Waals surface area contributed by atoms with Gasteiger partial charge < -0.3 is 10.8 Å². The summed E-state index contributed by atoms with van der Waals surface area (Å²) in [6.07, 6.45) is 2.28. The molecule has 0 unspecified atom stereocenters. The third-order valence-electron chi connectivity index (χ3n) is 1.89. The molecule has 1 fully saturated rings. The highest BCUT2D eigenvalue weighted by Crippen LogP contribution is 2.36. The van der Waals surface area contributed by atoms with Gasteiger partial charge in [-0.25, -0.2) is 0 Å². The molecule has 0 spiro atoms. The van der Waals surface area contributed by atoms with Crippen molar-refractivity contribution in [2.45, 2.75) is 12.5 Å². The highest BCUT2D eigenvalue weighted by atomic mass is 16.4. The first-order valence-corrected chi connectivity index (χ1v) is 3.27. The quantitative estimate of drug-likeness (QED) is 0.552.